The van der Waals surface area contributed by atoms with Crippen molar-refractivity contribution in [1.82, 2.24) is 0 Å². The summed E-state index contributed by atoms with van der Waals surface area (Å²) in [5.41, 5.74) is 0. The SMILES string of the molecule is [CH]CC=CC=C[CH2]. The standard InChI is InChI=1S/C7H9/c1-3-5-7-6-4-2/h1,4-7H,2-3H2. The summed E-state index contributed by atoms with van der Waals surface area (Å²) in [7, 11) is 0. The van der Waals surface area contributed by atoms with Gasteiger partial charge < -0.3 is 0 Å². The molecule has 0 spiro atoms. The summed E-state index contributed by atoms with van der Waals surface area (Å²) in [4.78, 5) is 0. The van der Waals surface area contributed by atoms with Crippen molar-refractivity contribution >= 4 is 0 Å². The molecule has 0 rings (SSSR count). The lowest BCUT2D eigenvalue weighted by Gasteiger charge is -1.69. The number of rotatable bonds is 2. The Morgan fingerprint density at radius 2 is 2.14 bits per heavy atom. The molecule has 0 atom stereocenters. The summed E-state index contributed by atoms with van der Waals surface area (Å²) in [6, 6.07) is 0. The molecule has 0 saturated carbocycles. The maximum atomic E-state index is 5.13. The zero-order valence-electron chi connectivity index (χ0n) is 4.30. The maximum Gasteiger partial charge on any atom is -0.0311 e. The average Bonchev–Trinajstić information content (AvgIpc) is 1.69. The first-order valence-corrected chi connectivity index (χ1v) is 2.22. The lowest BCUT2D eigenvalue weighted by atomic mass is 10.4. The minimum absolute atomic E-state index is 0.602. The van der Waals surface area contributed by atoms with E-state index in [4.69, 9.17) is 6.92 Å². The van der Waals surface area contributed by atoms with Gasteiger partial charge in [0.1, 0.15) is 0 Å². The fourth-order valence-corrected chi connectivity index (χ4v) is 0.236. The van der Waals surface area contributed by atoms with Crippen molar-refractivity contribution in [3.8, 4) is 0 Å². The van der Waals surface area contributed by atoms with Gasteiger partial charge in [0.05, 0.1) is 0 Å². The van der Waals surface area contributed by atoms with E-state index >= 15 is 0 Å². The van der Waals surface area contributed by atoms with E-state index in [9.17, 15) is 0 Å². The molecule has 0 unspecified atom stereocenters. The first-order chi connectivity index (χ1) is 3.41. The predicted molar refractivity (Wildman–Crippen MR) is 32.6 cm³/mol. The van der Waals surface area contributed by atoms with Crippen LogP contribution >= 0.6 is 0 Å². The molecule has 0 heterocycles. The van der Waals surface area contributed by atoms with Crippen molar-refractivity contribution in [3.63, 3.8) is 0 Å². The van der Waals surface area contributed by atoms with Crippen LogP contribution in [-0.2, 0) is 0 Å². The molecule has 3 radical (unpaired) electrons. The minimum Gasteiger partial charge on any atom is -0.0843 e. The van der Waals surface area contributed by atoms with Crippen LogP contribution in [0.5, 0.6) is 0 Å². The van der Waals surface area contributed by atoms with Gasteiger partial charge in [-0.1, -0.05) is 24.3 Å². The first kappa shape index (κ1) is 6.48. The Morgan fingerprint density at radius 1 is 1.43 bits per heavy atom. The first-order valence-electron chi connectivity index (χ1n) is 2.22. The van der Waals surface area contributed by atoms with Gasteiger partial charge in [0, 0.05) is 0 Å². The second kappa shape index (κ2) is 5.48. The van der Waals surface area contributed by atoms with Crippen LogP contribution in [0.25, 0.3) is 0 Å². The molecule has 0 nitrogen and oxygen atoms in total. The van der Waals surface area contributed by atoms with Crippen LogP contribution in [0.3, 0.4) is 0 Å². The number of allylic oxidation sites excluding steroid dienone is 4. The minimum atomic E-state index is 0.602. The van der Waals surface area contributed by atoms with Gasteiger partial charge >= 0.3 is 0 Å². The van der Waals surface area contributed by atoms with Gasteiger partial charge in [0.25, 0.3) is 0 Å². The van der Waals surface area contributed by atoms with E-state index in [2.05, 4.69) is 6.92 Å². The van der Waals surface area contributed by atoms with Crippen LogP contribution in [0.1, 0.15) is 6.42 Å². The Morgan fingerprint density at radius 3 is 2.57 bits per heavy atom. The van der Waals surface area contributed by atoms with E-state index in [0.717, 1.165) is 0 Å². The molecule has 0 aromatic heterocycles. The molecule has 0 fully saturated rings. The van der Waals surface area contributed by atoms with Gasteiger partial charge in [0.15, 0.2) is 0 Å². The van der Waals surface area contributed by atoms with Crippen LogP contribution in [0, 0.1) is 13.8 Å². The van der Waals surface area contributed by atoms with Crippen LogP contribution in [-0.4, -0.2) is 0 Å². The van der Waals surface area contributed by atoms with Crippen LogP contribution in [0.4, 0.5) is 0 Å². The van der Waals surface area contributed by atoms with Gasteiger partial charge in [-0.15, -0.1) is 0 Å². The van der Waals surface area contributed by atoms with E-state index < -0.39 is 0 Å². The van der Waals surface area contributed by atoms with Gasteiger partial charge in [-0.3, -0.25) is 0 Å². The summed E-state index contributed by atoms with van der Waals surface area (Å²) in [6.45, 7) is 8.61. The van der Waals surface area contributed by atoms with Gasteiger partial charge in [0.2, 0.25) is 0 Å². The van der Waals surface area contributed by atoms with E-state index in [0.29, 0.717) is 6.42 Å². The Balaban J connectivity index is 3.09. The van der Waals surface area contributed by atoms with Crippen LogP contribution < -0.4 is 0 Å². The molecule has 0 amide bonds. The summed E-state index contributed by atoms with van der Waals surface area (Å²) in [6.07, 6.45) is 7.89. The third-order valence-corrected chi connectivity index (χ3v) is 0.519. The van der Waals surface area contributed by atoms with E-state index in [-0.39, 0.29) is 0 Å². The molecular formula is C7H9. The zero-order chi connectivity index (χ0) is 5.54. The number of hydrogen-bond acceptors (Lipinski definition) is 0. The van der Waals surface area contributed by atoms with Crippen molar-refractivity contribution in [2.24, 2.45) is 0 Å². The molecule has 7 heavy (non-hydrogen) atoms. The molecule has 0 aliphatic rings. The molecule has 0 bridgehead atoms. The van der Waals surface area contributed by atoms with E-state index in [1.165, 1.54) is 0 Å². The molecule has 0 heteroatoms. The van der Waals surface area contributed by atoms with Gasteiger partial charge in [-0.2, -0.15) is 0 Å². The molecule has 0 aromatic carbocycles. The summed E-state index contributed by atoms with van der Waals surface area (Å²) < 4.78 is 0. The topological polar surface area (TPSA) is 0 Å². The highest BCUT2D eigenvalue weighted by atomic mass is 13.6. The highest BCUT2D eigenvalue weighted by molar-refractivity contribution is 5.03. The monoisotopic (exact) mass is 93.1 g/mol. The highest BCUT2D eigenvalue weighted by Gasteiger charge is 1.58. The Labute approximate surface area is 45.5 Å². The zero-order valence-corrected chi connectivity index (χ0v) is 4.30. The average molecular weight is 93.1 g/mol. The predicted octanol–water partition coefficient (Wildman–Crippen LogP) is 2.03. The van der Waals surface area contributed by atoms with Crippen molar-refractivity contribution in [2.45, 2.75) is 6.42 Å². The maximum absolute atomic E-state index is 5.13. The normalized spacial score (nSPS) is 11.7. The molecular weight excluding hydrogens is 84.1 g/mol. The molecule has 0 saturated heterocycles. The molecule has 0 aromatic rings. The molecule has 0 N–H and O–H groups in total. The lowest BCUT2D eigenvalue weighted by Crippen LogP contribution is -1.49. The quantitative estimate of drug-likeness (QED) is 0.458. The van der Waals surface area contributed by atoms with Gasteiger partial charge in [-0.05, 0) is 20.3 Å². The Kier molecular flexibility index (Phi) is 5.07. The van der Waals surface area contributed by atoms with Crippen LogP contribution in [0.15, 0.2) is 24.3 Å². The van der Waals surface area contributed by atoms with E-state index in [1.54, 1.807) is 6.08 Å². The molecule has 0 aliphatic carbocycles. The molecule has 0 aliphatic heterocycles. The number of hydrogen-bond donors (Lipinski definition) is 0. The Bertz CT molecular complexity index is 68.1. The second-order valence-corrected chi connectivity index (χ2v) is 1.09. The fourth-order valence-electron chi connectivity index (χ4n) is 0.236. The largest absolute Gasteiger partial charge is 0.0843 e. The smallest absolute Gasteiger partial charge is 0.0311 e. The van der Waals surface area contributed by atoms with Crippen molar-refractivity contribution in [1.29, 1.82) is 0 Å². The van der Waals surface area contributed by atoms with E-state index in [1.807, 2.05) is 18.2 Å². The second-order valence-electron chi connectivity index (χ2n) is 1.09. The highest BCUT2D eigenvalue weighted by Crippen LogP contribution is 1.78. The molecule has 37 valence electrons. The lowest BCUT2D eigenvalue weighted by molar-refractivity contribution is 1.40. The van der Waals surface area contributed by atoms with Crippen molar-refractivity contribution < 1.29 is 0 Å². The third kappa shape index (κ3) is 5.48. The summed E-state index contributed by atoms with van der Waals surface area (Å²) in [5.74, 6) is 0. The van der Waals surface area contributed by atoms with Crippen LogP contribution in [0.2, 0.25) is 0 Å². The van der Waals surface area contributed by atoms with Crippen molar-refractivity contribution in [3.05, 3.63) is 38.2 Å². The third-order valence-electron chi connectivity index (χ3n) is 0.519. The van der Waals surface area contributed by atoms with Gasteiger partial charge in [-0.25, -0.2) is 0 Å². The van der Waals surface area contributed by atoms with Crippen molar-refractivity contribution in [2.75, 3.05) is 0 Å². The fraction of sp³-hybridized carbons (Fsp3) is 0.143. The Hall–Kier alpha value is -0.520. The summed E-state index contributed by atoms with van der Waals surface area (Å²) >= 11 is 0. The summed E-state index contributed by atoms with van der Waals surface area (Å²) in [5, 5.41) is 0.